The maximum Gasteiger partial charge on any atom is 0.573 e. The highest BCUT2D eigenvalue weighted by Crippen LogP contribution is 2.36. The van der Waals surface area contributed by atoms with E-state index < -0.39 is 14.4 Å². The second-order valence-electron chi connectivity index (χ2n) is 8.46. The molecule has 2 aromatic rings. The number of ether oxygens (including phenoxy) is 3. The number of nitrogens with one attached hydrogen (secondary N) is 1. The molecule has 0 saturated heterocycles. The van der Waals surface area contributed by atoms with Crippen molar-refractivity contribution in [3.05, 3.63) is 35.5 Å². The van der Waals surface area contributed by atoms with Crippen LogP contribution in [-0.4, -0.2) is 46.3 Å². The summed E-state index contributed by atoms with van der Waals surface area (Å²) in [6.45, 7) is 10.8. The van der Waals surface area contributed by atoms with Crippen molar-refractivity contribution in [1.82, 2.24) is 4.98 Å². The highest BCUT2D eigenvalue weighted by Gasteiger charge is 2.31. The largest absolute Gasteiger partial charge is 0.573 e. The molecule has 0 aliphatic carbocycles. The summed E-state index contributed by atoms with van der Waals surface area (Å²) in [6, 6.07) is 5.91. The molecule has 174 valence electrons. The predicted octanol–water partition coefficient (Wildman–Crippen LogP) is 5.64. The van der Waals surface area contributed by atoms with E-state index in [0.29, 0.717) is 23.6 Å². The molecule has 32 heavy (non-hydrogen) atoms. The molecule has 5 nitrogen and oxygen atoms in total. The van der Waals surface area contributed by atoms with Gasteiger partial charge in [-0.1, -0.05) is 25.6 Å². The molecule has 2 rings (SSSR count). The van der Waals surface area contributed by atoms with Gasteiger partial charge in [0.05, 0.1) is 25.1 Å². The van der Waals surface area contributed by atoms with Crippen LogP contribution < -0.4 is 14.8 Å². The predicted molar refractivity (Wildman–Crippen MR) is 123 cm³/mol. The molecule has 0 aliphatic rings. The lowest BCUT2D eigenvalue weighted by Crippen LogP contribution is -2.22. The number of hydrogen-bond acceptors (Lipinski definition) is 5. The Hall–Kier alpha value is -2.70. The minimum absolute atomic E-state index is 0.0350. The van der Waals surface area contributed by atoms with E-state index in [9.17, 15) is 13.2 Å². The number of anilines is 1. The zero-order valence-electron chi connectivity index (χ0n) is 19.4. The highest BCUT2D eigenvalue weighted by atomic mass is 28.3. The van der Waals surface area contributed by atoms with Crippen LogP contribution in [0, 0.1) is 18.4 Å². The van der Waals surface area contributed by atoms with Crippen molar-refractivity contribution < 1.29 is 27.4 Å². The fraction of sp³-hybridized carbons (Fsp3) is 0.435. The van der Waals surface area contributed by atoms with Crippen LogP contribution >= 0.6 is 0 Å². The first kappa shape index (κ1) is 25.6. The SMILES string of the molecule is COC[C@H](C)Nc1cc(C)c(-c2ccc(OC(F)(F)F)cc2OC)nc1C#C[Si](C)(C)C. The highest BCUT2D eigenvalue weighted by molar-refractivity contribution is 6.83. The second kappa shape index (κ2) is 10.3. The van der Waals surface area contributed by atoms with E-state index in [2.05, 4.69) is 41.2 Å². The van der Waals surface area contributed by atoms with Gasteiger partial charge in [0.2, 0.25) is 0 Å². The van der Waals surface area contributed by atoms with Gasteiger partial charge >= 0.3 is 6.36 Å². The molecule has 1 aromatic carbocycles. The lowest BCUT2D eigenvalue weighted by Gasteiger charge is -2.19. The molecule has 0 spiro atoms. The smallest absolute Gasteiger partial charge is 0.496 e. The van der Waals surface area contributed by atoms with Gasteiger partial charge in [-0.25, -0.2) is 4.98 Å². The Morgan fingerprint density at radius 2 is 1.84 bits per heavy atom. The summed E-state index contributed by atoms with van der Waals surface area (Å²) >= 11 is 0. The van der Waals surface area contributed by atoms with Crippen LogP contribution in [0.25, 0.3) is 11.3 Å². The van der Waals surface area contributed by atoms with Gasteiger partial charge in [0, 0.05) is 24.8 Å². The zero-order chi connectivity index (χ0) is 24.1. The summed E-state index contributed by atoms with van der Waals surface area (Å²) in [5.41, 5.74) is 6.60. The van der Waals surface area contributed by atoms with E-state index in [4.69, 9.17) is 14.5 Å². The van der Waals surface area contributed by atoms with Crippen molar-refractivity contribution in [2.45, 2.75) is 45.9 Å². The third-order valence-corrected chi connectivity index (χ3v) is 5.12. The average Bonchev–Trinajstić information content (AvgIpc) is 2.65. The molecule has 0 bridgehead atoms. The summed E-state index contributed by atoms with van der Waals surface area (Å²) in [4.78, 5) is 4.77. The van der Waals surface area contributed by atoms with Gasteiger partial charge < -0.3 is 19.5 Å². The van der Waals surface area contributed by atoms with Crippen LogP contribution in [0.3, 0.4) is 0 Å². The maximum absolute atomic E-state index is 12.6. The Kier molecular flexibility index (Phi) is 8.21. The van der Waals surface area contributed by atoms with Crippen molar-refractivity contribution >= 4 is 13.8 Å². The number of methoxy groups -OCH3 is 2. The normalized spacial score (nSPS) is 12.6. The molecule has 1 aromatic heterocycles. The van der Waals surface area contributed by atoms with E-state index in [1.54, 1.807) is 7.11 Å². The molecule has 0 radical (unpaired) electrons. The van der Waals surface area contributed by atoms with Crippen LogP contribution in [-0.2, 0) is 4.74 Å². The first-order chi connectivity index (χ1) is 14.8. The number of nitrogens with zero attached hydrogens (tertiary/aromatic N) is 1. The van der Waals surface area contributed by atoms with Crippen LogP contribution in [0.1, 0.15) is 18.2 Å². The summed E-state index contributed by atoms with van der Waals surface area (Å²) in [5, 5.41) is 3.38. The van der Waals surface area contributed by atoms with Crippen molar-refractivity contribution in [1.29, 1.82) is 0 Å². The van der Waals surface area contributed by atoms with E-state index in [-0.39, 0.29) is 17.5 Å². The number of halogens is 3. The lowest BCUT2D eigenvalue weighted by molar-refractivity contribution is -0.274. The minimum atomic E-state index is -4.79. The molecule has 0 aliphatic heterocycles. The lowest BCUT2D eigenvalue weighted by atomic mass is 10.0. The van der Waals surface area contributed by atoms with E-state index in [1.807, 2.05) is 19.9 Å². The van der Waals surface area contributed by atoms with Crippen LogP contribution in [0.5, 0.6) is 11.5 Å². The van der Waals surface area contributed by atoms with Crippen LogP contribution in [0.2, 0.25) is 19.6 Å². The van der Waals surface area contributed by atoms with Crippen LogP contribution in [0.4, 0.5) is 18.9 Å². The summed E-state index contributed by atoms with van der Waals surface area (Å²) in [5.74, 6) is 3.06. The number of rotatable bonds is 7. The summed E-state index contributed by atoms with van der Waals surface area (Å²) in [7, 11) is 1.34. The quantitative estimate of drug-likeness (QED) is 0.423. The monoisotopic (exact) mass is 466 g/mol. The number of aryl methyl sites for hydroxylation is 1. The molecule has 0 unspecified atom stereocenters. The van der Waals surface area contributed by atoms with Gasteiger partial charge in [0.25, 0.3) is 0 Å². The number of benzene rings is 1. The molecule has 1 atom stereocenters. The third kappa shape index (κ3) is 7.46. The van der Waals surface area contributed by atoms with E-state index >= 15 is 0 Å². The number of pyridine rings is 1. The Balaban J connectivity index is 2.59. The summed E-state index contributed by atoms with van der Waals surface area (Å²) in [6.07, 6.45) is -4.79. The number of alkyl halides is 3. The first-order valence-electron chi connectivity index (χ1n) is 10.1. The van der Waals surface area contributed by atoms with Gasteiger partial charge in [-0.2, -0.15) is 0 Å². The first-order valence-corrected chi connectivity index (χ1v) is 13.6. The molecular formula is C23H29F3N2O3Si. The molecule has 0 saturated carbocycles. The second-order valence-corrected chi connectivity index (χ2v) is 13.2. The van der Waals surface area contributed by atoms with Crippen molar-refractivity contribution in [2.24, 2.45) is 0 Å². The molecule has 0 fully saturated rings. The van der Waals surface area contributed by atoms with Gasteiger partial charge in [0.1, 0.15) is 25.3 Å². The minimum Gasteiger partial charge on any atom is -0.496 e. The Morgan fingerprint density at radius 3 is 2.41 bits per heavy atom. The topological polar surface area (TPSA) is 52.6 Å². The van der Waals surface area contributed by atoms with E-state index in [1.165, 1.54) is 25.3 Å². The average molecular weight is 467 g/mol. The van der Waals surface area contributed by atoms with Crippen molar-refractivity contribution in [3.63, 3.8) is 0 Å². The molecule has 1 N–H and O–H groups in total. The van der Waals surface area contributed by atoms with Gasteiger partial charge in [-0.3, -0.25) is 0 Å². The maximum atomic E-state index is 12.6. The fourth-order valence-electron chi connectivity index (χ4n) is 2.96. The molecule has 1 heterocycles. The number of aromatic nitrogens is 1. The van der Waals surface area contributed by atoms with E-state index in [0.717, 1.165) is 11.3 Å². The van der Waals surface area contributed by atoms with Crippen molar-refractivity contribution in [2.75, 3.05) is 26.1 Å². The van der Waals surface area contributed by atoms with Crippen LogP contribution in [0.15, 0.2) is 24.3 Å². The van der Waals surface area contributed by atoms with Gasteiger partial charge in [0.15, 0.2) is 0 Å². The Labute approximate surface area is 188 Å². The van der Waals surface area contributed by atoms with Crippen molar-refractivity contribution in [3.8, 4) is 34.2 Å². The van der Waals surface area contributed by atoms with Gasteiger partial charge in [-0.15, -0.1) is 18.7 Å². The fourth-order valence-corrected chi connectivity index (χ4v) is 3.45. The van der Waals surface area contributed by atoms with Gasteiger partial charge in [-0.05, 0) is 37.6 Å². The standard InChI is InChI=1S/C23H29F3N2O3Si/c1-15-12-20(27-16(2)14-29-3)19(10-11-32(5,6)7)28-22(15)18-9-8-17(13-21(18)30-4)31-23(24,25)26/h8-9,12-13,16,27H,14H2,1-7H3/t16-/m0/s1. The molecule has 9 heteroatoms. The summed E-state index contributed by atoms with van der Waals surface area (Å²) < 4.78 is 52.4. The Bertz CT molecular complexity index is 1010. The molecular weight excluding hydrogens is 437 g/mol. The molecule has 0 amide bonds. The zero-order valence-corrected chi connectivity index (χ0v) is 20.4. The third-order valence-electron chi connectivity index (χ3n) is 4.25. The number of hydrogen-bond donors (Lipinski definition) is 1. The Morgan fingerprint density at radius 1 is 1.16 bits per heavy atom.